The molecule has 3 N–H and O–H groups in total. The topological polar surface area (TPSA) is 89.6 Å². The summed E-state index contributed by atoms with van der Waals surface area (Å²) in [7, 11) is 2.15. The lowest BCUT2D eigenvalue weighted by molar-refractivity contribution is 0.0974. The van der Waals surface area contributed by atoms with E-state index in [1.54, 1.807) is 10.7 Å². The summed E-state index contributed by atoms with van der Waals surface area (Å²) in [5.41, 5.74) is 3.47. The van der Waals surface area contributed by atoms with Gasteiger partial charge < -0.3 is 20.8 Å². The fourth-order valence-corrected chi connectivity index (χ4v) is 4.18. The van der Waals surface area contributed by atoms with E-state index in [1.165, 1.54) is 12.8 Å². The minimum Gasteiger partial charge on any atom is -0.445 e. The maximum atomic E-state index is 12.7. The second-order valence-corrected chi connectivity index (χ2v) is 8.11. The first-order chi connectivity index (χ1) is 15.0. The number of alkyl carbamates (subject to hydrolysis) is 1. The monoisotopic (exact) mass is 420 g/mol. The van der Waals surface area contributed by atoms with Crippen LogP contribution in [0.2, 0.25) is 0 Å². The Balaban J connectivity index is 1.39. The minimum atomic E-state index is -0.614. The second kappa shape index (κ2) is 9.22. The molecule has 0 bridgehead atoms. The molecule has 0 saturated carbocycles. The summed E-state index contributed by atoms with van der Waals surface area (Å²) in [6.45, 7) is 1.15. The highest BCUT2D eigenvalue weighted by atomic mass is 16.5. The number of amides is 1. The maximum Gasteiger partial charge on any atom is 0.407 e. The van der Waals surface area contributed by atoms with Crippen molar-refractivity contribution in [2.75, 3.05) is 26.0 Å². The van der Waals surface area contributed by atoms with Crippen LogP contribution in [-0.2, 0) is 17.8 Å². The van der Waals surface area contributed by atoms with Gasteiger partial charge in [0.2, 0.25) is 0 Å². The number of nitrogens with two attached hydrogens (primary N) is 1. The van der Waals surface area contributed by atoms with E-state index in [0.29, 0.717) is 11.6 Å². The van der Waals surface area contributed by atoms with Gasteiger partial charge in [0, 0.05) is 23.2 Å². The summed E-state index contributed by atoms with van der Waals surface area (Å²) in [4.78, 5) is 27.0. The summed E-state index contributed by atoms with van der Waals surface area (Å²) in [5.74, 6) is 5.96. The Morgan fingerprint density at radius 2 is 2.00 bits per heavy atom. The van der Waals surface area contributed by atoms with Gasteiger partial charge in [0.05, 0.1) is 12.1 Å². The standard InChI is InChI=1S/C24H28N4O3/c1-27-11-5-8-20(27)12-19-15-28(25)22-10-9-18(13-21(19)22)23(29)14-26-24(30)31-16-17-6-3-2-4-7-17/h2-4,6-7,9-10,13,15,20H,5,8,11-12,14,16,25H2,1H3,(H,26,30)/t20-/m1/s1. The largest absolute Gasteiger partial charge is 0.445 e. The van der Waals surface area contributed by atoms with Gasteiger partial charge >= 0.3 is 6.09 Å². The number of carbonyl (C=O) groups excluding carboxylic acids is 2. The van der Waals surface area contributed by atoms with E-state index in [9.17, 15) is 9.59 Å². The molecule has 0 radical (unpaired) electrons. The van der Waals surface area contributed by atoms with E-state index >= 15 is 0 Å². The third-order valence-corrected chi connectivity index (χ3v) is 5.97. The van der Waals surface area contributed by atoms with Crippen LogP contribution in [0.15, 0.2) is 54.7 Å². The summed E-state index contributed by atoms with van der Waals surface area (Å²) in [5, 5.41) is 3.52. The lowest BCUT2D eigenvalue weighted by Crippen LogP contribution is -2.30. The van der Waals surface area contributed by atoms with Crippen LogP contribution in [0.25, 0.3) is 10.9 Å². The van der Waals surface area contributed by atoms with E-state index in [1.807, 2.05) is 48.7 Å². The number of hydrogen-bond donors (Lipinski definition) is 2. The molecule has 1 amide bonds. The van der Waals surface area contributed by atoms with Crippen LogP contribution in [0.4, 0.5) is 4.79 Å². The number of Topliss-reactive ketones (excluding diaryl/α,β-unsaturated/α-hetero) is 1. The first-order valence-corrected chi connectivity index (χ1v) is 10.6. The van der Waals surface area contributed by atoms with Crippen LogP contribution in [0.3, 0.4) is 0 Å². The molecule has 0 aliphatic carbocycles. The molecule has 4 rings (SSSR count). The normalized spacial score (nSPS) is 16.5. The fourth-order valence-electron chi connectivity index (χ4n) is 4.18. The number of carbonyl (C=O) groups is 2. The molecule has 1 aliphatic heterocycles. The van der Waals surface area contributed by atoms with Crippen molar-refractivity contribution >= 4 is 22.8 Å². The summed E-state index contributed by atoms with van der Waals surface area (Å²) < 4.78 is 6.78. The van der Waals surface area contributed by atoms with Crippen molar-refractivity contribution in [1.82, 2.24) is 14.9 Å². The fraction of sp³-hybridized carbons (Fsp3) is 0.333. The number of nitrogen functional groups attached to an aromatic ring is 1. The molecular formula is C24H28N4O3. The lowest BCUT2D eigenvalue weighted by atomic mass is 10.0. The number of hydrogen-bond acceptors (Lipinski definition) is 5. The third kappa shape index (κ3) is 4.88. The zero-order valence-electron chi connectivity index (χ0n) is 17.7. The van der Waals surface area contributed by atoms with Gasteiger partial charge in [-0.25, -0.2) is 4.79 Å². The van der Waals surface area contributed by atoms with Gasteiger partial charge in [0.1, 0.15) is 6.61 Å². The molecule has 0 spiro atoms. The zero-order valence-corrected chi connectivity index (χ0v) is 17.7. The van der Waals surface area contributed by atoms with E-state index in [0.717, 1.165) is 35.0 Å². The molecule has 1 fully saturated rings. The number of rotatable bonds is 7. The van der Waals surface area contributed by atoms with Gasteiger partial charge in [-0.15, -0.1) is 0 Å². The molecule has 162 valence electrons. The maximum absolute atomic E-state index is 12.7. The number of likely N-dealkylation sites (tertiary alicyclic amines) is 1. The molecule has 1 atom stereocenters. The van der Waals surface area contributed by atoms with Gasteiger partial charge in [-0.3, -0.25) is 9.47 Å². The highest BCUT2D eigenvalue weighted by Crippen LogP contribution is 2.26. The van der Waals surface area contributed by atoms with Gasteiger partial charge in [-0.05, 0) is 62.2 Å². The third-order valence-electron chi connectivity index (χ3n) is 5.97. The Morgan fingerprint density at radius 1 is 1.19 bits per heavy atom. The predicted octanol–water partition coefficient (Wildman–Crippen LogP) is 3.10. The smallest absolute Gasteiger partial charge is 0.407 e. The molecule has 2 heterocycles. The molecule has 1 aromatic heterocycles. The number of nitrogens with one attached hydrogen (secondary N) is 1. The Hall–Kier alpha value is -3.32. The number of likely N-dealkylation sites (N-methyl/N-ethyl adjacent to an activating group) is 1. The van der Waals surface area contributed by atoms with E-state index < -0.39 is 6.09 Å². The van der Waals surface area contributed by atoms with Crippen molar-refractivity contribution in [2.45, 2.75) is 31.9 Å². The number of nitrogens with zero attached hydrogens (tertiary/aromatic N) is 2. The van der Waals surface area contributed by atoms with Crippen LogP contribution < -0.4 is 11.2 Å². The van der Waals surface area contributed by atoms with Crippen LogP contribution in [0, 0.1) is 0 Å². The van der Waals surface area contributed by atoms with E-state index in [2.05, 4.69) is 17.3 Å². The highest BCUT2D eigenvalue weighted by molar-refractivity contribution is 6.02. The first-order valence-electron chi connectivity index (χ1n) is 10.6. The quantitative estimate of drug-likeness (QED) is 0.453. The number of ketones is 1. The molecule has 1 saturated heterocycles. The minimum absolute atomic E-state index is 0.122. The molecule has 0 unspecified atom stereocenters. The van der Waals surface area contributed by atoms with E-state index in [-0.39, 0.29) is 18.9 Å². The van der Waals surface area contributed by atoms with Crippen molar-refractivity contribution in [3.63, 3.8) is 0 Å². The SMILES string of the molecule is CN1CCC[C@@H]1Cc1cn(N)c2ccc(C(=O)CNC(=O)OCc3ccccc3)cc12. The average molecular weight is 421 g/mol. The van der Waals surface area contributed by atoms with Crippen LogP contribution in [0.5, 0.6) is 0 Å². The van der Waals surface area contributed by atoms with Crippen molar-refractivity contribution in [2.24, 2.45) is 0 Å². The van der Waals surface area contributed by atoms with Crippen LogP contribution >= 0.6 is 0 Å². The number of fused-ring (bicyclic) bond motifs is 1. The van der Waals surface area contributed by atoms with Crippen molar-refractivity contribution < 1.29 is 14.3 Å². The molecule has 7 heteroatoms. The highest BCUT2D eigenvalue weighted by Gasteiger charge is 2.23. The molecule has 2 aromatic carbocycles. The van der Waals surface area contributed by atoms with Gasteiger partial charge in [0.15, 0.2) is 5.78 Å². The van der Waals surface area contributed by atoms with Crippen molar-refractivity contribution in [3.05, 3.63) is 71.4 Å². The van der Waals surface area contributed by atoms with Crippen molar-refractivity contribution in [3.8, 4) is 0 Å². The van der Waals surface area contributed by atoms with Gasteiger partial charge in [0.25, 0.3) is 0 Å². The predicted molar refractivity (Wildman–Crippen MR) is 120 cm³/mol. The Kier molecular flexibility index (Phi) is 6.23. The molecular weight excluding hydrogens is 392 g/mol. The van der Waals surface area contributed by atoms with Crippen LogP contribution in [-0.4, -0.2) is 47.6 Å². The number of benzene rings is 2. The van der Waals surface area contributed by atoms with Crippen molar-refractivity contribution in [1.29, 1.82) is 0 Å². The summed E-state index contributed by atoms with van der Waals surface area (Å²) >= 11 is 0. The first kappa shape index (κ1) is 20.9. The molecule has 7 nitrogen and oxygen atoms in total. The Labute approximate surface area is 181 Å². The Morgan fingerprint density at radius 3 is 2.74 bits per heavy atom. The summed E-state index contributed by atoms with van der Waals surface area (Å²) in [6, 6.07) is 15.4. The molecule has 3 aromatic rings. The number of ether oxygens (including phenoxy) is 1. The van der Waals surface area contributed by atoms with Gasteiger partial charge in [-0.2, -0.15) is 0 Å². The Bertz CT molecular complexity index is 1080. The van der Waals surface area contributed by atoms with Gasteiger partial charge in [-0.1, -0.05) is 30.3 Å². The second-order valence-electron chi connectivity index (χ2n) is 8.11. The zero-order chi connectivity index (χ0) is 21.8. The average Bonchev–Trinajstić information content (AvgIpc) is 3.33. The summed E-state index contributed by atoms with van der Waals surface area (Å²) in [6.07, 6.45) is 4.61. The molecule has 31 heavy (non-hydrogen) atoms. The molecule has 1 aliphatic rings. The lowest BCUT2D eigenvalue weighted by Gasteiger charge is -2.18. The van der Waals surface area contributed by atoms with Crippen LogP contribution in [0.1, 0.15) is 34.3 Å². The van der Waals surface area contributed by atoms with E-state index in [4.69, 9.17) is 10.6 Å². The number of aromatic nitrogens is 1.